The van der Waals surface area contributed by atoms with Gasteiger partial charge >= 0.3 is 0 Å². The Morgan fingerprint density at radius 3 is 2.95 bits per heavy atom. The van der Waals surface area contributed by atoms with E-state index in [-0.39, 0.29) is 5.91 Å². The molecule has 0 aliphatic carbocycles. The first kappa shape index (κ1) is 16.6. The molecular weight excluding hydrogens is 370 g/mol. The lowest BCUT2D eigenvalue weighted by molar-refractivity contribution is -0.111. The van der Waals surface area contributed by atoms with Gasteiger partial charge in [-0.2, -0.15) is 5.10 Å². The number of aromatic nitrogens is 2. The third kappa shape index (κ3) is 4.35. The Morgan fingerprint density at radius 2 is 2.32 bits per heavy atom. The molecule has 0 atom stereocenters. The van der Waals surface area contributed by atoms with Crippen molar-refractivity contribution in [1.29, 1.82) is 0 Å². The molecular formula is C15H15BrClN3O2. The van der Waals surface area contributed by atoms with Gasteiger partial charge in [-0.05, 0) is 41.1 Å². The highest BCUT2D eigenvalue weighted by molar-refractivity contribution is 9.10. The van der Waals surface area contributed by atoms with Gasteiger partial charge in [-0.15, -0.1) is 0 Å². The summed E-state index contributed by atoms with van der Waals surface area (Å²) < 4.78 is 7.89. The van der Waals surface area contributed by atoms with E-state index in [1.54, 1.807) is 29.1 Å². The fraction of sp³-hybridized carbons (Fsp3) is 0.200. The molecule has 1 aromatic carbocycles. The minimum Gasteiger partial charge on any atom is -0.491 e. The summed E-state index contributed by atoms with van der Waals surface area (Å²) in [7, 11) is 1.81. The SMILES string of the molecule is CCOc1c(Br)cc(Cl)cc1NC(=O)C=Cc1cnn(C)c1. The number of ether oxygens (including phenoxy) is 1. The Bertz CT molecular complexity index is 713. The van der Waals surface area contributed by atoms with E-state index in [9.17, 15) is 4.79 Å². The summed E-state index contributed by atoms with van der Waals surface area (Å²) in [5, 5.41) is 7.29. The Morgan fingerprint density at radius 1 is 1.55 bits per heavy atom. The molecule has 1 aromatic heterocycles. The van der Waals surface area contributed by atoms with Gasteiger partial charge in [0.15, 0.2) is 5.75 Å². The molecule has 0 fully saturated rings. The predicted octanol–water partition coefficient (Wildman–Crippen LogP) is 3.89. The van der Waals surface area contributed by atoms with Crippen LogP contribution in [-0.4, -0.2) is 22.3 Å². The maximum atomic E-state index is 12.0. The molecule has 0 aliphatic heterocycles. The first-order valence-electron chi connectivity index (χ1n) is 6.59. The molecule has 5 nitrogen and oxygen atoms in total. The number of halogens is 2. The van der Waals surface area contributed by atoms with Crippen molar-refractivity contribution < 1.29 is 9.53 Å². The zero-order chi connectivity index (χ0) is 16.1. The van der Waals surface area contributed by atoms with Gasteiger partial charge in [0, 0.05) is 29.9 Å². The number of anilines is 1. The van der Waals surface area contributed by atoms with Gasteiger partial charge in [0.25, 0.3) is 0 Å². The van der Waals surface area contributed by atoms with Gasteiger partial charge in [0.2, 0.25) is 5.91 Å². The van der Waals surface area contributed by atoms with E-state index in [1.165, 1.54) is 6.08 Å². The predicted molar refractivity (Wildman–Crippen MR) is 91.2 cm³/mol. The van der Waals surface area contributed by atoms with Crippen LogP contribution >= 0.6 is 27.5 Å². The van der Waals surface area contributed by atoms with Gasteiger partial charge in [0.1, 0.15) is 0 Å². The first-order valence-corrected chi connectivity index (χ1v) is 7.76. The molecule has 7 heteroatoms. The van der Waals surface area contributed by atoms with Crippen LogP contribution in [0.2, 0.25) is 5.02 Å². The molecule has 2 aromatic rings. The standard InChI is InChI=1S/C15H15BrClN3O2/c1-3-22-15-12(16)6-11(17)7-13(15)19-14(21)5-4-10-8-18-20(2)9-10/h4-9H,3H2,1-2H3,(H,19,21). The number of nitrogens with one attached hydrogen (secondary N) is 1. The maximum absolute atomic E-state index is 12.0. The van der Waals surface area contributed by atoms with E-state index in [2.05, 4.69) is 26.3 Å². The van der Waals surface area contributed by atoms with E-state index in [4.69, 9.17) is 16.3 Å². The van der Waals surface area contributed by atoms with Gasteiger partial charge in [-0.3, -0.25) is 9.48 Å². The van der Waals surface area contributed by atoms with Crippen molar-refractivity contribution in [2.24, 2.45) is 7.05 Å². The lowest BCUT2D eigenvalue weighted by atomic mass is 10.2. The molecule has 0 saturated carbocycles. The molecule has 0 unspecified atom stereocenters. The summed E-state index contributed by atoms with van der Waals surface area (Å²) in [6.07, 6.45) is 6.60. The minimum absolute atomic E-state index is 0.279. The van der Waals surface area contributed by atoms with Crippen LogP contribution in [0, 0.1) is 0 Å². The van der Waals surface area contributed by atoms with E-state index in [1.807, 2.05) is 20.2 Å². The highest BCUT2D eigenvalue weighted by Crippen LogP contribution is 2.36. The highest BCUT2D eigenvalue weighted by atomic mass is 79.9. The van der Waals surface area contributed by atoms with Crippen molar-refractivity contribution in [1.82, 2.24) is 9.78 Å². The van der Waals surface area contributed by atoms with Crippen molar-refractivity contribution in [3.63, 3.8) is 0 Å². The van der Waals surface area contributed by atoms with Gasteiger partial charge < -0.3 is 10.1 Å². The fourth-order valence-corrected chi connectivity index (χ4v) is 2.74. The molecule has 0 spiro atoms. The summed E-state index contributed by atoms with van der Waals surface area (Å²) in [4.78, 5) is 12.0. The second-order valence-electron chi connectivity index (χ2n) is 4.47. The number of benzene rings is 1. The van der Waals surface area contributed by atoms with E-state index in [0.29, 0.717) is 27.5 Å². The molecule has 22 heavy (non-hydrogen) atoms. The Labute approximate surface area is 142 Å². The quantitative estimate of drug-likeness (QED) is 0.796. The summed E-state index contributed by atoms with van der Waals surface area (Å²) in [6, 6.07) is 3.36. The summed E-state index contributed by atoms with van der Waals surface area (Å²) in [5.41, 5.74) is 1.36. The second kappa shape index (κ2) is 7.47. The van der Waals surface area contributed by atoms with Crippen LogP contribution in [0.3, 0.4) is 0 Å². The van der Waals surface area contributed by atoms with Crippen LogP contribution in [0.25, 0.3) is 6.08 Å². The van der Waals surface area contributed by atoms with Gasteiger partial charge in [0.05, 0.1) is 23.0 Å². The topological polar surface area (TPSA) is 56.1 Å². The molecule has 116 valence electrons. The molecule has 1 N–H and O–H groups in total. The fourth-order valence-electron chi connectivity index (χ4n) is 1.82. The Kier molecular flexibility index (Phi) is 5.63. The molecule has 0 radical (unpaired) electrons. The Hall–Kier alpha value is -1.79. The van der Waals surface area contributed by atoms with Gasteiger partial charge in [-0.25, -0.2) is 0 Å². The van der Waals surface area contributed by atoms with Crippen molar-refractivity contribution in [3.8, 4) is 5.75 Å². The zero-order valence-electron chi connectivity index (χ0n) is 12.1. The summed E-state index contributed by atoms with van der Waals surface area (Å²) in [5.74, 6) is 0.272. The first-order chi connectivity index (χ1) is 10.5. The average molecular weight is 385 g/mol. The zero-order valence-corrected chi connectivity index (χ0v) is 14.5. The monoisotopic (exact) mass is 383 g/mol. The van der Waals surface area contributed by atoms with Crippen molar-refractivity contribution in [3.05, 3.63) is 45.7 Å². The molecule has 1 amide bonds. The van der Waals surface area contributed by atoms with Crippen LogP contribution in [0.4, 0.5) is 5.69 Å². The molecule has 0 aliphatic rings. The molecule has 1 heterocycles. The third-order valence-electron chi connectivity index (χ3n) is 2.71. The number of hydrogen-bond donors (Lipinski definition) is 1. The minimum atomic E-state index is -0.279. The van der Waals surface area contributed by atoms with E-state index in [0.717, 1.165) is 5.56 Å². The molecule has 0 saturated heterocycles. The smallest absolute Gasteiger partial charge is 0.248 e. The highest BCUT2D eigenvalue weighted by Gasteiger charge is 2.11. The maximum Gasteiger partial charge on any atom is 0.248 e. The number of amides is 1. The second-order valence-corrected chi connectivity index (χ2v) is 5.76. The number of aryl methyl sites for hydroxylation is 1. The average Bonchev–Trinajstić information content (AvgIpc) is 2.86. The number of carbonyl (C=O) groups excluding carboxylic acids is 1. The van der Waals surface area contributed by atoms with E-state index >= 15 is 0 Å². The van der Waals surface area contributed by atoms with Crippen LogP contribution in [0.15, 0.2) is 35.1 Å². The van der Waals surface area contributed by atoms with Crippen LogP contribution in [0.5, 0.6) is 5.75 Å². The van der Waals surface area contributed by atoms with Crippen LogP contribution in [0.1, 0.15) is 12.5 Å². The van der Waals surface area contributed by atoms with Gasteiger partial charge in [-0.1, -0.05) is 11.6 Å². The largest absolute Gasteiger partial charge is 0.491 e. The summed E-state index contributed by atoms with van der Waals surface area (Å²) >= 11 is 9.39. The van der Waals surface area contributed by atoms with Crippen molar-refractivity contribution >= 4 is 45.2 Å². The Balaban J connectivity index is 2.15. The number of rotatable bonds is 5. The van der Waals surface area contributed by atoms with Crippen LogP contribution in [-0.2, 0) is 11.8 Å². The molecule has 2 rings (SSSR count). The van der Waals surface area contributed by atoms with Crippen molar-refractivity contribution in [2.75, 3.05) is 11.9 Å². The third-order valence-corrected chi connectivity index (χ3v) is 3.51. The normalized spacial score (nSPS) is 10.9. The number of carbonyl (C=O) groups is 1. The number of hydrogen-bond acceptors (Lipinski definition) is 3. The number of nitrogens with zero attached hydrogens (tertiary/aromatic N) is 2. The lowest BCUT2D eigenvalue weighted by Crippen LogP contribution is -2.09. The van der Waals surface area contributed by atoms with Crippen molar-refractivity contribution in [2.45, 2.75) is 6.92 Å². The summed E-state index contributed by atoms with van der Waals surface area (Å²) in [6.45, 7) is 2.35. The lowest BCUT2D eigenvalue weighted by Gasteiger charge is -2.13. The molecule has 0 bridgehead atoms. The van der Waals surface area contributed by atoms with E-state index < -0.39 is 0 Å². The van der Waals surface area contributed by atoms with Crippen LogP contribution < -0.4 is 10.1 Å².